The Bertz CT molecular complexity index is 1960. The highest BCUT2D eigenvalue weighted by Gasteiger charge is 2.31. The van der Waals surface area contributed by atoms with Crippen LogP contribution in [0.1, 0.15) is 48.1 Å². The predicted octanol–water partition coefficient (Wildman–Crippen LogP) is 6.17. The van der Waals surface area contributed by atoms with Crippen LogP contribution in [-0.2, 0) is 4.79 Å². The average Bonchev–Trinajstić information content (AvgIpc) is 3.37. The van der Waals surface area contributed by atoms with E-state index in [9.17, 15) is 14.7 Å². The van der Waals surface area contributed by atoms with Gasteiger partial charge in [-0.3, -0.25) is 14.8 Å². The van der Waals surface area contributed by atoms with E-state index in [1.165, 1.54) is 15.5 Å². The number of carbonyl (C=O) groups excluding carboxylic acids is 1. The second-order valence-electron chi connectivity index (χ2n) is 11.1. The second-order valence-corrected chi connectivity index (χ2v) is 11.1. The quantitative estimate of drug-likeness (QED) is 0.106. The maximum Gasteiger partial charge on any atom is 0.327 e. The molecule has 242 valence electrons. The minimum atomic E-state index is -1.05. The van der Waals surface area contributed by atoms with E-state index in [-0.39, 0.29) is 52.2 Å². The normalized spacial score (nSPS) is 12.3. The van der Waals surface area contributed by atoms with Gasteiger partial charge in [0, 0.05) is 25.2 Å². The molecule has 0 saturated carbocycles. The molecular weight excluding hydrogens is 602 g/mol. The van der Waals surface area contributed by atoms with E-state index < -0.39 is 12.0 Å². The number of nitrogens with zero attached hydrogens (tertiary/aromatic N) is 5. The van der Waals surface area contributed by atoms with E-state index in [0.29, 0.717) is 34.9 Å². The van der Waals surface area contributed by atoms with Crippen molar-refractivity contribution in [3.8, 4) is 34.9 Å². The first-order valence-electron chi connectivity index (χ1n) is 14.8. The third kappa shape index (κ3) is 6.98. The number of amidine groups is 1. The molecule has 2 atom stereocenters. The maximum atomic E-state index is 12.7. The maximum absolute atomic E-state index is 12.7. The summed E-state index contributed by atoms with van der Waals surface area (Å²) < 4.78 is 20.0. The summed E-state index contributed by atoms with van der Waals surface area (Å²) in [4.78, 5) is 40.5. The number of benzene rings is 3. The molecule has 3 aromatic carbocycles. The number of aromatic nitrogens is 4. The fourth-order valence-corrected chi connectivity index (χ4v) is 4.94. The first-order chi connectivity index (χ1) is 22.5. The van der Waals surface area contributed by atoms with Crippen molar-refractivity contribution in [2.75, 3.05) is 14.1 Å². The lowest BCUT2D eigenvalue weighted by Crippen LogP contribution is -2.26. The van der Waals surface area contributed by atoms with Gasteiger partial charge in [0.15, 0.2) is 22.7 Å². The third-order valence-electron chi connectivity index (χ3n) is 7.51. The Labute approximate surface area is 271 Å². The van der Waals surface area contributed by atoms with Crippen LogP contribution >= 0.6 is 0 Å². The second kappa shape index (κ2) is 13.6. The fourth-order valence-electron chi connectivity index (χ4n) is 4.94. The number of hydrogen-bond donors (Lipinski definition) is 3. The van der Waals surface area contributed by atoms with E-state index >= 15 is 0 Å². The zero-order valence-electron chi connectivity index (χ0n) is 26.6. The number of nitrogen functional groups attached to an aromatic ring is 1. The van der Waals surface area contributed by atoms with Gasteiger partial charge in [0.1, 0.15) is 29.2 Å². The van der Waals surface area contributed by atoms with Crippen molar-refractivity contribution >= 4 is 28.9 Å². The average molecular weight is 638 g/mol. The Balaban J connectivity index is 1.68. The SMILES string of the molecule is CCC(C)C(C(=O)O)n1c(C)nc2c(Oc3cccc(C(=O)N(C)C)c3)nc(Oc3cc(C(=N)N)ccc3Oc3ccccc3)nc21. The highest BCUT2D eigenvalue weighted by molar-refractivity contribution is 5.95. The molecule has 0 saturated heterocycles. The largest absolute Gasteiger partial charge is 0.480 e. The van der Waals surface area contributed by atoms with Crippen LogP contribution < -0.4 is 19.9 Å². The van der Waals surface area contributed by atoms with Gasteiger partial charge in [0.25, 0.3) is 11.8 Å². The number of imidazole rings is 1. The molecule has 0 aliphatic heterocycles. The van der Waals surface area contributed by atoms with Crippen LogP contribution in [0.25, 0.3) is 11.2 Å². The van der Waals surface area contributed by atoms with E-state index in [4.69, 9.17) is 25.4 Å². The summed E-state index contributed by atoms with van der Waals surface area (Å²) in [6.45, 7) is 5.43. The van der Waals surface area contributed by atoms with Gasteiger partial charge in [0.05, 0.1) is 0 Å². The number of nitrogens with two attached hydrogens (primary N) is 1. The van der Waals surface area contributed by atoms with Crippen molar-refractivity contribution in [2.45, 2.75) is 33.2 Å². The molecule has 13 nitrogen and oxygen atoms in total. The van der Waals surface area contributed by atoms with Crippen molar-refractivity contribution in [1.29, 1.82) is 5.41 Å². The Morgan fingerprint density at radius 2 is 1.64 bits per heavy atom. The molecule has 4 N–H and O–H groups in total. The Hall–Kier alpha value is -5.98. The van der Waals surface area contributed by atoms with E-state index in [2.05, 4.69) is 15.0 Å². The minimum absolute atomic E-state index is 0.0251. The highest BCUT2D eigenvalue weighted by Crippen LogP contribution is 2.38. The van der Waals surface area contributed by atoms with Crippen LogP contribution in [-0.4, -0.2) is 61.3 Å². The lowest BCUT2D eigenvalue weighted by Gasteiger charge is -2.22. The van der Waals surface area contributed by atoms with Gasteiger partial charge in [-0.1, -0.05) is 44.5 Å². The molecule has 13 heteroatoms. The van der Waals surface area contributed by atoms with Crippen molar-refractivity contribution in [3.05, 3.63) is 89.7 Å². The van der Waals surface area contributed by atoms with Crippen molar-refractivity contribution in [2.24, 2.45) is 11.7 Å². The number of fused-ring (bicyclic) bond motifs is 1. The number of carbonyl (C=O) groups is 2. The molecule has 5 aromatic rings. The van der Waals surface area contributed by atoms with Crippen molar-refractivity contribution in [3.63, 3.8) is 0 Å². The number of aliphatic carboxylic acids is 1. The number of rotatable bonds is 12. The molecule has 0 fully saturated rings. The van der Waals surface area contributed by atoms with Gasteiger partial charge < -0.3 is 30.0 Å². The van der Waals surface area contributed by atoms with Crippen molar-refractivity contribution < 1.29 is 28.9 Å². The van der Waals surface area contributed by atoms with Crippen LogP contribution in [0.2, 0.25) is 0 Å². The molecule has 2 unspecified atom stereocenters. The number of amides is 1. The fraction of sp³-hybridized carbons (Fsp3) is 0.235. The summed E-state index contributed by atoms with van der Waals surface area (Å²) in [5.41, 5.74) is 6.91. The highest BCUT2D eigenvalue weighted by atomic mass is 16.5. The first-order valence-corrected chi connectivity index (χ1v) is 14.8. The molecule has 0 aliphatic rings. The molecule has 0 aliphatic carbocycles. The first kappa shape index (κ1) is 32.4. The third-order valence-corrected chi connectivity index (χ3v) is 7.51. The van der Waals surface area contributed by atoms with Gasteiger partial charge >= 0.3 is 12.0 Å². The Kier molecular flexibility index (Phi) is 9.36. The minimum Gasteiger partial charge on any atom is -0.480 e. The zero-order chi connectivity index (χ0) is 33.8. The zero-order valence-corrected chi connectivity index (χ0v) is 26.6. The topological polar surface area (TPSA) is 179 Å². The molecule has 1 amide bonds. The number of carboxylic acid groups (broad SMARTS) is 1. The van der Waals surface area contributed by atoms with Gasteiger partial charge in [-0.25, -0.2) is 9.78 Å². The summed E-state index contributed by atoms with van der Waals surface area (Å²) in [5, 5.41) is 18.2. The summed E-state index contributed by atoms with van der Waals surface area (Å²) in [5.74, 6) is -0.130. The van der Waals surface area contributed by atoms with E-state index in [0.717, 1.165) is 0 Å². The molecule has 47 heavy (non-hydrogen) atoms. The van der Waals surface area contributed by atoms with Gasteiger partial charge in [-0.15, -0.1) is 0 Å². The number of carboxylic acids is 1. The summed E-state index contributed by atoms with van der Waals surface area (Å²) in [7, 11) is 3.30. The molecule has 2 aromatic heterocycles. The van der Waals surface area contributed by atoms with Gasteiger partial charge in [-0.05, 0) is 61.4 Å². The number of aryl methyl sites for hydroxylation is 1. The van der Waals surface area contributed by atoms with Gasteiger partial charge in [-0.2, -0.15) is 9.97 Å². The van der Waals surface area contributed by atoms with E-state index in [1.54, 1.807) is 69.6 Å². The van der Waals surface area contributed by atoms with Crippen LogP contribution in [0.5, 0.6) is 34.9 Å². The van der Waals surface area contributed by atoms with Crippen LogP contribution in [0, 0.1) is 18.3 Å². The number of para-hydroxylation sites is 1. The number of ether oxygens (including phenoxy) is 3. The molecule has 0 radical (unpaired) electrons. The predicted molar refractivity (Wildman–Crippen MR) is 175 cm³/mol. The monoisotopic (exact) mass is 637 g/mol. The summed E-state index contributed by atoms with van der Waals surface area (Å²) in [6, 6.07) is 19.2. The lowest BCUT2D eigenvalue weighted by molar-refractivity contribution is -0.142. The summed E-state index contributed by atoms with van der Waals surface area (Å²) in [6.07, 6.45) is 0.582. The number of hydrogen-bond acceptors (Lipinski definition) is 9. The number of nitrogens with one attached hydrogen (secondary N) is 1. The Morgan fingerprint density at radius 1 is 0.915 bits per heavy atom. The molecular formula is C34H35N7O6. The standard InChI is InChI=1S/C34H35N7O6/c1-6-19(2)28(33(43)44)41-20(3)37-27-30(41)38-34(39-31(27)46-24-14-10-11-22(17-24)32(42)40(4)5)47-26-18-21(29(35)36)15-16-25(26)45-23-12-8-7-9-13-23/h7-19,28H,6H2,1-5H3,(H3,35,36)(H,43,44). The molecule has 2 heterocycles. The molecule has 0 spiro atoms. The Morgan fingerprint density at radius 3 is 2.30 bits per heavy atom. The summed E-state index contributed by atoms with van der Waals surface area (Å²) >= 11 is 0. The smallest absolute Gasteiger partial charge is 0.327 e. The van der Waals surface area contributed by atoms with Crippen molar-refractivity contribution in [1.82, 2.24) is 24.4 Å². The molecule has 0 bridgehead atoms. The van der Waals surface area contributed by atoms with Crippen LogP contribution in [0.3, 0.4) is 0 Å². The van der Waals surface area contributed by atoms with Crippen LogP contribution in [0.15, 0.2) is 72.8 Å². The van der Waals surface area contributed by atoms with E-state index in [1.807, 2.05) is 32.0 Å². The van der Waals surface area contributed by atoms with Crippen LogP contribution in [0.4, 0.5) is 0 Å². The molecule has 5 rings (SSSR count). The van der Waals surface area contributed by atoms with Gasteiger partial charge in [0.2, 0.25) is 0 Å². The lowest BCUT2D eigenvalue weighted by atomic mass is 9.99.